The van der Waals surface area contributed by atoms with Crippen LogP contribution in [0, 0.1) is 6.92 Å². The van der Waals surface area contributed by atoms with Gasteiger partial charge >= 0.3 is 0 Å². The van der Waals surface area contributed by atoms with Gasteiger partial charge in [-0.3, -0.25) is 4.98 Å². The molecule has 1 aromatic heterocycles. The van der Waals surface area contributed by atoms with Gasteiger partial charge in [0.25, 0.3) is 0 Å². The summed E-state index contributed by atoms with van der Waals surface area (Å²) < 4.78 is 11.6. The zero-order valence-electron chi connectivity index (χ0n) is 17.0. The molecule has 2 N–H and O–H groups in total. The molecule has 1 aliphatic rings. The van der Waals surface area contributed by atoms with Crippen molar-refractivity contribution < 1.29 is 14.6 Å². The molecule has 1 unspecified atom stereocenters. The van der Waals surface area contributed by atoms with Crippen LogP contribution >= 0.6 is 0 Å². The van der Waals surface area contributed by atoms with Crippen LogP contribution in [-0.2, 0) is 17.8 Å². The number of ether oxygens (including phenoxy) is 2. The van der Waals surface area contributed by atoms with Crippen LogP contribution in [0.4, 0.5) is 0 Å². The molecular weight excluding hydrogens is 352 g/mol. The van der Waals surface area contributed by atoms with Crippen LogP contribution in [-0.4, -0.2) is 29.8 Å². The lowest BCUT2D eigenvalue weighted by Crippen LogP contribution is -2.17. The molecule has 152 valence electrons. The minimum Gasteiger partial charge on any atom is -0.491 e. The van der Waals surface area contributed by atoms with E-state index in [1.165, 1.54) is 18.4 Å². The van der Waals surface area contributed by atoms with Gasteiger partial charge in [0, 0.05) is 12.0 Å². The van der Waals surface area contributed by atoms with E-state index in [2.05, 4.69) is 24.4 Å². The minimum atomic E-state index is -0.933. The van der Waals surface area contributed by atoms with Gasteiger partial charge in [0.15, 0.2) is 6.29 Å². The van der Waals surface area contributed by atoms with Crippen molar-refractivity contribution in [3.8, 4) is 5.75 Å². The van der Waals surface area contributed by atoms with E-state index < -0.39 is 6.29 Å². The molecular formula is C23H32N2O3. The molecule has 0 spiro atoms. The molecule has 0 amide bonds. The summed E-state index contributed by atoms with van der Waals surface area (Å²) in [6.07, 6.45) is 4.28. The highest BCUT2D eigenvalue weighted by molar-refractivity contribution is 5.48. The summed E-state index contributed by atoms with van der Waals surface area (Å²) in [7, 11) is 0. The highest BCUT2D eigenvalue weighted by atomic mass is 16.6. The van der Waals surface area contributed by atoms with Crippen molar-refractivity contribution in [3.63, 3.8) is 0 Å². The maximum absolute atomic E-state index is 10.4. The number of hydrogen-bond acceptors (Lipinski definition) is 5. The predicted octanol–water partition coefficient (Wildman–Crippen LogP) is 4.05. The van der Waals surface area contributed by atoms with Gasteiger partial charge in [0.1, 0.15) is 5.75 Å². The Bertz CT molecular complexity index is 749. The Balaban J connectivity index is 1.63. The zero-order valence-corrected chi connectivity index (χ0v) is 17.0. The molecule has 3 rings (SSSR count). The van der Waals surface area contributed by atoms with E-state index in [4.69, 9.17) is 14.5 Å². The molecule has 1 atom stereocenters. The summed E-state index contributed by atoms with van der Waals surface area (Å²) in [4.78, 5) is 4.79. The van der Waals surface area contributed by atoms with Gasteiger partial charge in [-0.25, -0.2) is 0 Å². The second-order valence-corrected chi connectivity index (χ2v) is 7.35. The highest BCUT2D eigenvalue weighted by Gasteiger charge is 2.30. The van der Waals surface area contributed by atoms with E-state index in [-0.39, 0.29) is 0 Å². The number of aliphatic hydroxyl groups excluding tert-OH is 1. The number of pyridine rings is 1. The fraction of sp³-hybridized carbons (Fsp3) is 0.522. The Hall–Kier alpha value is -1.95. The fourth-order valence-electron chi connectivity index (χ4n) is 3.55. The molecule has 0 fully saturated rings. The Kier molecular flexibility index (Phi) is 7.83. The van der Waals surface area contributed by atoms with Crippen molar-refractivity contribution in [1.29, 1.82) is 0 Å². The van der Waals surface area contributed by atoms with Crippen molar-refractivity contribution >= 4 is 0 Å². The van der Waals surface area contributed by atoms with Crippen LogP contribution in [0.5, 0.6) is 5.75 Å². The van der Waals surface area contributed by atoms with Crippen LogP contribution in [0.2, 0.25) is 0 Å². The molecule has 0 aliphatic carbocycles. The Morgan fingerprint density at radius 1 is 1.18 bits per heavy atom. The first-order valence-corrected chi connectivity index (χ1v) is 10.4. The largest absolute Gasteiger partial charge is 0.491 e. The van der Waals surface area contributed by atoms with Crippen molar-refractivity contribution in [2.75, 3.05) is 19.7 Å². The second-order valence-electron chi connectivity index (χ2n) is 7.35. The Labute approximate surface area is 168 Å². The third-order valence-electron chi connectivity index (χ3n) is 5.10. The number of nitrogens with one attached hydrogen (secondary N) is 1. The molecule has 5 nitrogen and oxygen atoms in total. The molecule has 0 bridgehead atoms. The van der Waals surface area contributed by atoms with E-state index in [0.29, 0.717) is 19.0 Å². The first-order chi connectivity index (χ1) is 13.7. The normalized spacial score (nSPS) is 15.6. The summed E-state index contributed by atoms with van der Waals surface area (Å²) in [5, 5.41) is 13.8. The van der Waals surface area contributed by atoms with Crippen LogP contribution in [0.1, 0.15) is 67.0 Å². The van der Waals surface area contributed by atoms with Crippen molar-refractivity contribution in [1.82, 2.24) is 10.3 Å². The predicted molar refractivity (Wildman–Crippen MR) is 110 cm³/mol. The average molecular weight is 385 g/mol. The summed E-state index contributed by atoms with van der Waals surface area (Å²) in [6, 6.07) is 10.3. The lowest BCUT2D eigenvalue weighted by atomic mass is 10.0. The highest BCUT2D eigenvalue weighted by Crippen LogP contribution is 2.39. The van der Waals surface area contributed by atoms with Gasteiger partial charge in [-0.15, -0.1) is 0 Å². The zero-order chi connectivity index (χ0) is 19.8. The summed E-state index contributed by atoms with van der Waals surface area (Å²) in [5.41, 5.74) is 4.71. The maximum Gasteiger partial charge on any atom is 0.185 e. The number of benzene rings is 1. The molecule has 5 heteroatoms. The number of aromatic nitrogens is 1. The van der Waals surface area contributed by atoms with E-state index in [9.17, 15) is 5.11 Å². The smallest absolute Gasteiger partial charge is 0.185 e. The van der Waals surface area contributed by atoms with Crippen LogP contribution < -0.4 is 10.1 Å². The third kappa shape index (κ3) is 5.31. The van der Waals surface area contributed by atoms with Crippen LogP contribution in [0.15, 0.2) is 30.3 Å². The molecule has 0 radical (unpaired) electrons. The number of fused-ring (bicyclic) bond motifs is 1. The number of unbranched alkanes of at least 4 members (excludes halogenated alkanes) is 2. The lowest BCUT2D eigenvalue weighted by Gasteiger charge is -2.17. The molecule has 28 heavy (non-hydrogen) atoms. The molecule has 0 saturated carbocycles. The summed E-state index contributed by atoms with van der Waals surface area (Å²) >= 11 is 0. The number of aliphatic hydroxyl groups is 1. The van der Waals surface area contributed by atoms with Crippen LogP contribution in [0.3, 0.4) is 0 Å². The Morgan fingerprint density at radius 3 is 2.75 bits per heavy atom. The maximum atomic E-state index is 10.4. The quantitative estimate of drug-likeness (QED) is 0.572. The third-order valence-corrected chi connectivity index (χ3v) is 5.10. The number of rotatable bonds is 11. The Morgan fingerprint density at radius 2 is 1.96 bits per heavy atom. The van der Waals surface area contributed by atoms with Gasteiger partial charge in [-0.1, -0.05) is 43.7 Å². The fourth-order valence-corrected chi connectivity index (χ4v) is 3.55. The van der Waals surface area contributed by atoms with Gasteiger partial charge in [-0.2, -0.15) is 0 Å². The van der Waals surface area contributed by atoms with E-state index >= 15 is 0 Å². The van der Waals surface area contributed by atoms with Gasteiger partial charge in [-0.05, 0) is 44.8 Å². The van der Waals surface area contributed by atoms with Crippen molar-refractivity contribution in [3.05, 3.63) is 58.4 Å². The second kappa shape index (κ2) is 10.6. The standard InChI is InChI=1S/C23H32N2O3/c1-3-4-12-24-13-8-9-14-27-22-17(2)25-20(15-18-10-6-5-7-11-18)19-16-28-23(26)21(19)22/h5-7,10-11,23-24,26H,3-4,8-9,12-16H2,1-2H3. The summed E-state index contributed by atoms with van der Waals surface area (Å²) in [5.74, 6) is 0.691. The van der Waals surface area contributed by atoms with E-state index in [1.807, 2.05) is 25.1 Å². The van der Waals surface area contributed by atoms with Gasteiger partial charge < -0.3 is 19.9 Å². The van der Waals surface area contributed by atoms with Crippen molar-refractivity contribution in [2.24, 2.45) is 0 Å². The number of aryl methyl sites for hydroxylation is 1. The van der Waals surface area contributed by atoms with Crippen LogP contribution in [0.25, 0.3) is 0 Å². The van der Waals surface area contributed by atoms with Gasteiger partial charge in [0.2, 0.25) is 0 Å². The van der Waals surface area contributed by atoms with Crippen molar-refractivity contribution in [2.45, 2.75) is 58.8 Å². The van der Waals surface area contributed by atoms with E-state index in [0.717, 1.165) is 54.9 Å². The number of nitrogens with zero attached hydrogens (tertiary/aromatic N) is 1. The van der Waals surface area contributed by atoms with E-state index in [1.54, 1.807) is 0 Å². The SMILES string of the molecule is CCCCNCCCCOc1c(C)nc(Cc2ccccc2)c2c1C(O)OC2. The number of hydrogen-bond donors (Lipinski definition) is 2. The molecule has 1 aromatic carbocycles. The molecule has 1 aliphatic heterocycles. The monoisotopic (exact) mass is 384 g/mol. The average Bonchev–Trinajstić information content (AvgIpc) is 3.08. The lowest BCUT2D eigenvalue weighted by molar-refractivity contribution is -0.0928. The summed E-state index contributed by atoms with van der Waals surface area (Å²) in [6.45, 7) is 7.24. The molecule has 2 aromatic rings. The molecule has 2 heterocycles. The topological polar surface area (TPSA) is 63.6 Å². The molecule has 0 saturated heterocycles. The minimum absolute atomic E-state index is 0.379. The van der Waals surface area contributed by atoms with Gasteiger partial charge in [0.05, 0.1) is 30.2 Å². The first-order valence-electron chi connectivity index (χ1n) is 10.4. The first kappa shape index (κ1) is 20.8.